The van der Waals surface area contributed by atoms with Crippen LogP contribution in [0.5, 0.6) is 0 Å². The molecule has 7 heteroatoms. The first-order chi connectivity index (χ1) is 15.1. The van der Waals surface area contributed by atoms with E-state index in [0.717, 1.165) is 65.4 Å². The van der Waals surface area contributed by atoms with Crippen molar-refractivity contribution >= 4 is 5.97 Å². The van der Waals surface area contributed by atoms with Crippen molar-refractivity contribution in [1.29, 1.82) is 0 Å². The number of rotatable bonds is 19. The minimum Gasteiger partial charge on any atom is -0.461 e. The van der Waals surface area contributed by atoms with Crippen LogP contribution in [-0.2, 0) is 22.6 Å². The molecule has 0 saturated carbocycles. The number of esters is 1. The molecule has 31 heavy (non-hydrogen) atoms. The largest absolute Gasteiger partial charge is 0.461 e. The number of aromatic nitrogens is 2. The zero-order chi connectivity index (χ0) is 22.9. The maximum Gasteiger partial charge on any atom is 0.307 e. The minimum atomic E-state index is -0.0957. The maximum absolute atomic E-state index is 12.3. The van der Waals surface area contributed by atoms with E-state index in [0.29, 0.717) is 19.6 Å². The SMILES string of the molecule is CCCC[n+]1ccn(CCOC(=O)CCN(CCN(CC)CC)CCN(CC)CC)c1. The van der Waals surface area contributed by atoms with Gasteiger partial charge in [0.2, 0.25) is 6.33 Å². The predicted octanol–water partition coefficient (Wildman–Crippen LogP) is 2.49. The summed E-state index contributed by atoms with van der Waals surface area (Å²) in [5.41, 5.74) is 0. The molecule has 1 aromatic heterocycles. The number of carbonyl (C=O) groups is 1. The lowest BCUT2D eigenvalue weighted by atomic mass is 10.3. The highest BCUT2D eigenvalue weighted by molar-refractivity contribution is 5.69. The summed E-state index contributed by atoms with van der Waals surface area (Å²) in [6.45, 7) is 22.3. The Morgan fingerprint density at radius 1 is 0.871 bits per heavy atom. The van der Waals surface area contributed by atoms with Crippen LogP contribution in [0.1, 0.15) is 53.9 Å². The van der Waals surface area contributed by atoms with Gasteiger partial charge in [0.25, 0.3) is 0 Å². The minimum absolute atomic E-state index is 0.0957. The lowest BCUT2D eigenvalue weighted by Crippen LogP contribution is -2.40. The zero-order valence-corrected chi connectivity index (χ0v) is 20.9. The van der Waals surface area contributed by atoms with E-state index in [9.17, 15) is 4.79 Å². The second kappa shape index (κ2) is 17.2. The second-order valence-corrected chi connectivity index (χ2v) is 8.11. The first kappa shape index (κ1) is 27.6. The Labute approximate surface area is 190 Å². The average molecular weight is 439 g/mol. The fourth-order valence-electron chi connectivity index (χ4n) is 3.61. The van der Waals surface area contributed by atoms with Crippen LogP contribution in [0, 0.1) is 0 Å². The van der Waals surface area contributed by atoms with Gasteiger partial charge in [-0.1, -0.05) is 41.0 Å². The van der Waals surface area contributed by atoms with E-state index >= 15 is 0 Å². The molecule has 0 amide bonds. The molecule has 1 rings (SSSR count). The van der Waals surface area contributed by atoms with Gasteiger partial charge in [-0.15, -0.1) is 0 Å². The van der Waals surface area contributed by atoms with Crippen molar-refractivity contribution in [2.45, 2.75) is 67.0 Å². The molecule has 1 aromatic rings. The highest BCUT2D eigenvalue weighted by Crippen LogP contribution is 1.99. The van der Waals surface area contributed by atoms with Crippen molar-refractivity contribution in [2.24, 2.45) is 0 Å². The summed E-state index contributed by atoms with van der Waals surface area (Å²) in [4.78, 5) is 19.6. The van der Waals surface area contributed by atoms with Gasteiger partial charge in [-0.25, -0.2) is 9.13 Å². The quantitative estimate of drug-likeness (QED) is 0.245. The van der Waals surface area contributed by atoms with Gasteiger partial charge in [0, 0.05) is 32.7 Å². The Hall–Kier alpha value is -1.44. The topological polar surface area (TPSA) is 44.8 Å². The lowest BCUT2D eigenvalue weighted by Gasteiger charge is -2.28. The predicted molar refractivity (Wildman–Crippen MR) is 127 cm³/mol. The normalized spacial score (nSPS) is 11.7. The summed E-state index contributed by atoms with van der Waals surface area (Å²) in [5.74, 6) is -0.0957. The Balaban J connectivity index is 2.38. The number of nitrogens with zero attached hydrogens (tertiary/aromatic N) is 5. The number of ether oxygens (including phenoxy) is 1. The van der Waals surface area contributed by atoms with E-state index in [1.807, 2.05) is 6.20 Å². The van der Waals surface area contributed by atoms with Crippen LogP contribution < -0.4 is 4.57 Å². The van der Waals surface area contributed by atoms with Crippen molar-refractivity contribution in [2.75, 3.05) is 65.5 Å². The number of hydrogen-bond donors (Lipinski definition) is 0. The van der Waals surface area contributed by atoms with Crippen LogP contribution in [0.4, 0.5) is 0 Å². The van der Waals surface area contributed by atoms with E-state index in [1.165, 1.54) is 12.8 Å². The molecule has 0 spiro atoms. The smallest absolute Gasteiger partial charge is 0.307 e. The molecule has 0 aliphatic carbocycles. The highest BCUT2D eigenvalue weighted by atomic mass is 16.5. The number of hydrogen-bond acceptors (Lipinski definition) is 5. The van der Waals surface area contributed by atoms with Crippen molar-refractivity contribution in [3.8, 4) is 0 Å². The van der Waals surface area contributed by atoms with Crippen molar-refractivity contribution in [1.82, 2.24) is 19.3 Å². The summed E-state index contributed by atoms with van der Waals surface area (Å²) >= 11 is 0. The van der Waals surface area contributed by atoms with Gasteiger partial charge < -0.3 is 19.4 Å². The third-order valence-electron chi connectivity index (χ3n) is 6.01. The molecule has 0 unspecified atom stereocenters. The first-order valence-electron chi connectivity index (χ1n) is 12.4. The molecule has 0 aliphatic heterocycles. The molecule has 0 N–H and O–H groups in total. The molecule has 0 aliphatic rings. The van der Waals surface area contributed by atoms with Crippen molar-refractivity contribution in [3.05, 3.63) is 18.7 Å². The van der Waals surface area contributed by atoms with Crippen LogP contribution in [0.2, 0.25) is 0 Å². The number of carbonyl (C=O) groups excluding carboxylic acids is 1. The molecule has 0 fully saturated rings. The second-order valence-electron chi connectivity index (χ2n) is 8.11. The molecule has 7 nitrogen and oxygen atoms in total. The van der Waals surface area contributed by atoms with Crippen LogP contribution in [-0.4, -0.2) is 90.7 Å². The Morgan fingerprint density at radius 3 is 2.00 bits per heavy atom. The van der Waals surface area contributed by atoms with Gasteiger partial charge in [0.05, 0.1) is 13.0 Å². The van der Waals surface area contributed by atoms with Gasteiger partial charge in [-0.2, -0.15) is 0 Å². The van der Waals surface area contributed by atoms with Gasteiger partial charge in [0.15, 0.2) is 0 Å². The zero-order valence-electron chi connectivity index (χ0n) is 20.9. The fraction of sp³-hybridized carbons (Fsp3) is 0.833. The lowest BCUT2D eigenvalue weighted by molar-refractivity contribution is -0.696. The average Bonchev–Trinajstić information content (AvgIpc) is 3.24. The van der Waals surface area contributed by atoms with Gasteiger partial charge in [-0.05, 0) is 32.6 Å². The molecular formula is C24H48N5O2+. The Morgan fingerprint density at radius 2 is 1.45 bits per heavy atom. The molecule has 180 valence electrons. The Bertz CT molecular complexity index is 554. The summed E-state index contributed by atoms with van der Waals surface area (Å²) < 4.78 is 9.78. The number of unbranched alkanes of at least 4 members (excludes halogenated alkanes) is 1. The van der Waals surface area contributed by atoms with Gasteiger partial charge in [0.1, 0.15) is 25.5 Å². The molecular weight excluding hydrogens is 390 g/mol. The maximum atomic E-state index is 12.3. The van der Waals surface area contributed by atoms with E-state index < -0.39 is 0 Å². The summed E-state index contributed by atoms with van der Waals surface area (Å²) in [7, 11) is 0. The van der Waals surface area contributed by atoms with Crippen LogP contribution in [0.3, 0.4) is 0 Å². The van der Waals surface area contributed by atoms with E-state index in [-0.39, 0.29) is 5.97 Å². The van der Waals surface area contributed by atoms with E-state index in [2.05, 4.69) is 71.0 Å². The fourth-order valence-corrected chi connectivity index (χ4v) is 3.61. The summed E-state index contributed by atoms with van der Waals surface area (Å²) in [5, 5.41) is 0. The molecule has 0 radical (unpaired) electrons. The number of imidazole rings is 1. The van der Waals surface area contributed by atoms with Crippen LogP contribution in [0.25, 0.3) is 0 Å². The van der Waals surface area contributed by atoms with E-state index in [4.69, 9.17) is 4.74 Å². The van der Waals surface area contributed by atoms with Crippen LogP contribution >= 0.6 is 0 Å². The van der Waals surface area contributed by atoms with E-state index in [1.54, 1.807) is 0 Å². The van der Waals surface area contributed by atoms with Gasteiger partial charge in [-0.3, -0.25) is 4.79 Å². The molecule has 0 saturated heterocycles. The molecule has 0 atom stereocenters. The molecule has 1 heterocycles. The summed E-state index contributed by atoms with van der Waals surface area (Å²) in [6, 6.07) is 0. The van der Waals surface area contributed by atoms with Crippen molar-refractivity contribution in [3.63, 3.8) is 0 Å². The third-order valence-corrected chi connectivity index (χ3v) is 6.01. The Kier molecular flexibility index (Phi) is 15.3. The van der Waals surface area contributed by atoms with Crippen molar-refractivity contribution < 1.29 is 14.1 Å². The highest BCUT2D eigenvalue weighted by Gasteiger charge is 2.13. The standard InChI is InChI=1S/C24H48N5O2/c1-6-11-13-28-19-20-29(23-28)21-22-31-24(30)12-14-27(17-15-25(7-2)8-3)18-16-26(9-4)10-5/h19-20,23H,6-18,21-22H2,1-5H3/q+1. The first-order valence-corrected chi connectivity index (χ1v) is 12.4. The molecule has 0 aromatic carbocycles. The monoisotopic (exact) mass is 438 g/mol. The molecule has 0 bridgehead atoms. The number of aryl methyl sites for hydroxylation is 1. The summed E-state index contributed by atoms with van der Waals surface area (Å²) in [6.07, 6.45) is 9.05. The van der Waals surface area contributed by atoms with Crippen LogP contribution in [0.15, 0.2) is 18.7 Å². The third kappa shape index (κ3) is 12.2. The van der Waals surface area contributed by atoms with Gasteiger partial charge >= 0.3 is 5.97 Å². The number of likely N-dealkylation sites (N-methyl/N-ethyl adjacent to an activating group) is 2.